The first kappa shape index (κ1) is 16.7. The average Bonchev–Trinajstić information content (AvgIpc) is 3.10. The number of carbonyl (C=O) groups excluding carboxylic acids is 1. The lowest BCUT2D eigenvalue weighted by molar-refractivity contribution is 0.262. The first-order chi connectivity index (χ1) is 12.2. The molecule has 0 aliphatic carbocycles. The summed E-state index contributed by atoms with van der Waals surface area (Å²) in [5.74, 6) is 1.49. The molecule has 3 rings (SSSR count). The van der Waals surface area contributed by atoms with Crippen molar-refractivity contribution in [3.63, 3.8) is 0 Å². The Morgan fingerprint density at radius 1 is 0.880 bits per heavy atom. The van der Waals surface area contributed by atoms with Crippen LogP contribution in [-0.2, 0) is 0 Å². The van der Waals surface area contributed by atoms with Gasteiger partial charge in [0.15, 0.2) is 0 Å². The summed E-state index contributed by atoms with van der Waals surface area (Å²) in [6.07, 6.45) is 0. The molecule has 0 bridgehead atoms. The van der Waals surface area contributed by atoms with Gasteiger partial charge in [0.05, 0.1) is 14.2 Å². The minimum atomic E-state index is -0.386. The highest BCUT2D eigenvalue weighted by Crippen LogP contribution is 2.27. The van der Waals surface area contributed by atoms with Crippen molar-refractivity contribution in [1.29, 1.82) is 0 Å². The fraction of sp³-hybridized carbons (Fsp3) is 0.118. The maximum absolute atomic E-state index is 12.0. The molecule has 2 N–H and O–H groups in total. The fourth-order valence-corrected chi connectivity index (χ4v) is 2.80. The van der Waals surface area contributed by atoms with Crippen molar-refractivity contribution in [1.82, 2.24) is 10.2 Å². The van der Waals surface area contributed by atoms with Crippen LogP contribution in [0.25, 0.3) is 10.6 Å². The van der Waals surface area contributed by atoms with Crippen molar-refractivity contribution in [2.24, 2.45) is 0 Å². The number of amides is 2. The van der Waals surface area contributed by atoms with E-state index in [0.717, 1.165) is 17.1 Å². The molecule has 25 heavy (non-hydrogen) atoms. The van der Waals surface area contributed by atoms with Crippen LogP contribution >= 0.6 is 11.3 Å². The van der Waals surface area contributed by atoms with Gasteiger partial charge in [0.25, 0.3) is 0 Å². The SMILES string of the molecule is COc1ccc(NC(=O)Nc2nnc(-c3ccc(OC)cc3)s2)cc1. The topological polar surface area (TPSA) is 85.4 Å². The average molecular weight is 356 g/mol. The van der Waals surface area contributed by atoms with E-state index < -0.39 is 0 Å². The van der Waals surface area contributed by atoms with E-state index in [9.17, 15) is 4.79 Å². The molecule has 1 aromatic heterocycles. The van der Waals surface area contributed by atoms with E-state index in [1.54, 1.807) is 38.5 Å². The Morgan fingerprint density at radius 2 is 1.48 bits per heavy atom. The van der Waals surface area contributed by atoms with Gasteiger partial charge in [0, 0.05) is 11.3 Å². The molecule has 3 aromatic rings. The zero-order chi connectivity index (χ0) is 17.6. The molecule has 0 fully saturated rings. The van der Waals surface area contributed by atoms with Crippen molar-refractivity contribution < 1.29 is 14.3 Å². The predicted octanol–water partition coefficient (Wildman–Crippen LogP) is 3.87. The molecular weight excluding hydrogens is 340 g/mol. The Balaban J connectivity index is 1.62. The van der Waals surface area contributed by atoms with E-state index in [1.807, 2.05) is 24.3 Å². The minimum absolute atomic E-state index is 0.386. The van der Waals surface area contributed by atoms with E-state index in [1.165, 1.54) is 11.3 Å². The van der Waals surface area contributed by atoms with Gasteiger partial charge in [-0.25, -0.2) is 4.79 Å². The van der Waals surface area contributed by atoms with Crippen molar-refractivity contribution in [2.45, 2.75) is 0 Å². The van der Waals surface area contributed by atoms with Gasteiger partial charge in [0.2, 0.25) is 5.13 Å². The van der Waals surface area contributed by atoms with Crippen LogP contribution in [0.15, 0.2) is 48.5 Å². The zero-order valence-corrected chi connectivity index (χ0v) is 14.5. The molecule has 0 radical (unpaired) electrons. The lowest BCUT2D eigenvalue weighted by atomic mass is 10.2. The highest BCUT2D eigenvalue weighted by molar-refractivity contribution is 7.18. The number of nitrogens with one attached hydrogen (secondary N) is 2. The molecule has 1 heterocycles. The molecule has 2 aromatic carbocycles. The molecule has 0 aliphatic rings. The second-order valence-electron chi connectivity index (χ2n) is 4.95. The van der Waals surface area contributed by atoms with Gasteiger partial charge in [-0.05, 0) is 48.5 Å². The third-order valence-electron chi connectivity index (χ3n) is 3.33. The number of anilines is 2. The Morgan fingerprint density at radius 3 is 2.08 bits per heavy atom. The van der Waals surface area contributed by atoms with E-state index in [0.29, 0.717) is 15.8 Å². The second-order valence-corrected chi connectivity index (χ2v) is 5.93. The van der Waals surface area contributed by atoms with Crippen LogP contribution in [0.4, 0.5) is 15.6 Å². The summed E-state index contributed by atoms with van der Waals surface area (Å²) >= 11 is 1.29. The lowest BCUT2D eigenvalue weighted by Gasteiger charge is -2.05. The van der Waals surface area contributed by atoms with Gasteiger partial charge in [-0.15, -0.1) is 10.2 Å². The summed E-state index contributed by atoms with van der Waals surface area (Å²) in [4.78, 5) is 12.0. The van der Waals surface area contributed by atoms with Gasteiger partial charge < -0.3 is 14.8 Å². The van der Waals surface area contributed by atoms with Gasteiger partial charge in [-0.1, -0.05) is 11.3 Å². The summed E-state index contributed by atoms with van der Waals surface area (Å²) in [6, 6.07) is 14.1. The van der Waals surface area contributed by atoms with E-state index in [2.05, 4.69) is 20.8 Å². The van der Waals surface area contributed by atoms with E-state index in [4.69, 9.17) is 9.47 Å². The quantitative estimate of drug-likeness (QED) is 0.725. The monoisotopic (exact) mass is 356 g/mol. The van der Waals surface area contributed by atoms with E-state index >= 15 is 0 Å². The third kappa shape index (κ3) is 4.24. The first-order valence-corrected chi connectivity index (χ1v) is 8.19. The fourth-order valence-electron chi connectivity index (χ4n) is 2.06. The predicted molar refractivity (Wildman–Crippen MR) is 97.5 cm³/mol. The number of hydrogen-bond donors (Lipinski definition) is 2. The Bertz CT molecular complexity index is 847. The van der Waals surface area contributed by atoms with Crippen LogP contribution < -0.4 is 20.1 Å². The summed E-state index contributed by atoms with van der Waals surface area (Å²) in [5.41, 5.74) is 1.56. The molecule has 7 nitrogen and oxygen atoms in total. The number of ether oxygens (including phenoxy) is 2. The van der Waals surface area contributed by atoms with Crippen LogP contribution in [0.2, 0.25) is 0 Å². The van der Waals surface area contributed by atoms with Crippen molar-refractivity contribution in [2.75, 3.05) is 24.9 Å². The molecule has 0 saturated carbocycles. The van der Waals surface area contributed by atoms with Crippen LogP contribution in [-0.4, -0.2) is 30.4 Å². The number of nitrogens with zero attached hydrogens (tertiary/aromatic N) is 2. The maximum atomic E-state index is 12.0. The lowest BCUT2D eigenvalue weighted by Crippen LogP contribution is -2.19. The van der Waals surface area contributed by atoms with Crippen molar-refractivity contribution in [3.8, 4) is 22.1 Å². The molecule has 0 unspecified atom stereocenters. The largest absolute Gasteiger partial charge is 0.497 e. The van der Waals surface area contributed by atoms with Crippen LogP contribution in [0, 0.1) is 0 Å². The number of carbonyl (C=O) groups is 1. The number of aromatic nitrogens is 2. The van der Waals surface area contributed by atoms with Crippen molar-refractivity contribution in [3.05, 3.63) is 48.5 Å². The standard InChI is InChI=1S/C17H16N4O3S/c1-23-13-7-3-11(4-8-13)15-20-21-17(25-15)19-16(22)18-12-5-9-14(24-2)10-6-12/h3-10H,1-2H3,(H2,18,19,21,22). The maximum Gasteiger partial charge on any atom is 0.325 e. The molecule has 0 spiro atoms. The van der Waals surface area contributed by atoms with Crippen LogP contribution in [0.1, 0.15) is 0 Å². The van der Waals surface area contributed by atoms with Crippen LogP contribution in [0.3, 0.4) is 0 Å². The molecule has 128 valence electrons. The minimum Gasteiger partial charge on any atom is -0.497 e. The Hall–Kier alpha value is -3.13. The smallest absolute Gasteiger partial charge is 0.325 e. The highest BCUT2D eigenvalue weighted by Gasteiger charge is 2.10. The number of hydrogen-bond acceptors (Lipinski definition) is 6. The summed E-state index contributed by atoms with van der Waals surface area (Å²) in [7, 11) is 3.20. The van der Waals surface area contributed by atoms with Gasteiger partial charge >= 0.3 is 6.03 Å². The molecule has 2 amide bonds. The third-order valence-corrected chi connectivity index (χ3v) is 4.22. The van der Waals surface area contributed by atoms with E-state index in [-0.39, 0.29) is 6.03 Å². The number of urea groups is 1. The van der Waals surface area contributed by atoms with Gasteiger partial charge in [-0.3, -0.25) is 5.32 Å². The number of rotatable bonds is 5. The normalized spacial score (nSPS) is 10.2. The number of methoxy groups -OCH3 is 2. The summed E-state index contributed by atoms with van der Waals surface area (Å²) in [5, 5.41) is 14.6. The summed E-state index contributed by atoms with van der Waals surface area (Å²) in [6.45, 7) is 0. The number of benzene rings is 2. The zero-order valence-electron chi connectivity index (χ0n) is 13.6. The Kier molecular flexibility index (Phi) is 5.10. The molecule has 0 saturated heterocycles. The second kappa shape index (κ2) is 7.63. The van der Waals surface area contributed by atoms with Gasteiger partial charge in [-0.2, -0.15) is 0 Å². The summed E-state index contributed by atoms with van der Waals surface area (Å²) < 4.78 is 10.2. The van der Waals surface area contributed by atoms with Gasteiger partial charge in [0.1, 0.15) is 16.5 Å². The Labute approximate surface area is 148 Å². The molecule has 8 heteroatoms. The van der Waals surface area contributed by atoms with Crippen molar-refractivity contribution >= 4 is 28.2 Å². The molecular formula is C17H16N4O3S. The highest BCUT2D eigenvalue weighted by atomic mass is 32.1. The first-order valence-electron chi connectivity index (χ1n) is 7.38. The molecule has 0 aliphatic heterocycles. The van der Waals surface area contributed by atoms with Crippen LogP contribution in [0.5, 0.6) is 11.5 Å². The molecule has 0 atom stereocenters.